The van der Waals surface area contributed by atoms with Gasteiger partial charge in [-0.25, -0.2) is 17.5 Å². The second-order valence-electron chi connectivity index (χ2n) is 6.47. The molecule has 0 aromatic heterocycles. The van der Waals surface area contributed by atoms with Gasteiger partial charge in [-0.05, 0) is 35.0 Å². The van der Waals surface area contributed by atoms with E-state index in [1.54, 1.807) is 18.2 Å². The molecule has 0 unspecified atom stereocenters. The average Bonchev–Trinajstić information content (AvgIpc) is 2.71. The summed E-state index contributed by atoms with van der Waals surface area (Å²) in [6.07, 6.45) is 0. The van der Waals surface area contributed by atoms with Crippen LogP contribution in [-0.2, 0) is 19.6 Å². The topological polar surface area (TPSA) is 92.8 Å². The van der Waals surface area contributed by atoms with Gasteiger partial charge >= 0.3 is 5.97 Å². The Labute approximate surface area is 169 Å². The molecule has 0 spiro atoms. The van der Waals surface area contributed by atoms with Crippen LogP contribution >= 0.6 is 0 Å². The molecular weight excluding hydrogens is 392 g/mol. The first-order valence-corrected chi connectivity index (χ1v) is 10.2. The van der Waals surface area contributed by atoms with Gasteiger partial charge in [0, 0.05) is 19.8 Å². The van der Waals surface area contributed by atoms with Crippen LogP contribution in [0.2, 0.25) is 0 Å². The molecule has 0 aliphatic rings. The molecule has 0 bridgehead atoms. The average molecular weight is 412 g/mol. The summed E-state index contributed by atoms with van der Waals surface area (Å²) in [6.45, 7) is -0.493. The molecule has 0 atom stereocenters. The Kier molecular flexibility index (Phi) is 5.95. The molecule has 3 aromatic carbocycles. The van der Waals surface area contributed by atoms with E-state index in [1.165, 1.54) is 32.3 Å². The van der Waals surface area contributed by atoms with Gasteiger partial charge in [0.25, 0.3) is 5.91 Å². The van der Waals surface area contributed by atoms with Crippen LogP contribution in [0, 0.1) is 0 Å². The normalized spacial score (nSPS) is 11.4. The number of hydrogen-bond donors (Lipinski definition) is 1. The highest BCUT2D eigenvalue weighted by Gasteiger charge is 2.18. The first-order chi connectivity index (χ1) is 13.8. The standard InChI is InChI=1S/C21H20N2O5S/c1-23(2)29(26,27)17-10-6-9-16(13-17)22-20(24)14-28-21(25)19-12-5-8-15-7-3-4-11-18(15)19/h3-13H,14H2,1-2H3,(H,22,24). The highest BCUT2D eigenvalue weighted by molar-refractivity contribution is 7.89. The number of hydrogen-bond acceptors (Lipinski definition) is 5. The number of nitrogens with zero attached hydrogens (tertiary/aromatic N) is 1. The van der Waals surface area contributed by atoms with Gasteiger partial charge in [0.2, 0.25) is 10.0 Å². The highest BCUT2D eigenvalue weighted by Crippen LogP contribution is 2.20. The van der Waals surface area contributed by atoms with Crippen molar-refractivity contribution in [2.45, 2.75) is 4.90 Å². The number of esters is 1. The lowest BCUT2D eigenvalue weighted by atomic mass is 10.1. The summed E-state index contributed by atoms with van der Waals surface area (Å²) in [5.41, 5.74) is 0.661. The quantitative estimate of drug-likeness (QED) is 0.629. The molecule has 0 aliphatic heterocycles. The van der Waals surface area contributed by atoms with E-state index in [0.29, 0.717) is 11.3 Å². The monoisotopic (exact) mass is 412 g/mol. The van der Waals surface area contributed by atoms with E-state index < -0.39 is 28.5 Å². The lowest BCUT2D eigenvalue weighted by molar-refractivity contribution is -0.119. The van der Waals surface area contributed by atoms with Crippen LogP contribution < -0.4 is 5.32 Å². The fourth-order valence-electron chi connectivity index (χ4n) is 2.75. The van der Waals surface area contributed by atoms with Crippen molar-refractivity contribution >= 4 is 38.4 Å². The van der Waals surface area contributed by atoms with Gasteiger partial charge in [0.1, 0.15) is 0 Å². The zero-order valence-corrected chi connectivity index (χ0v) is 16.8. The molecule has 0 aliphatic carbocycles. The van der Waals surface area contributed by atoms with Crippen molar-refractivity contribution in [2.24, 2.45) is 0 Å². The summed E-state index contributed by atoms with van der Waals surface area (Å²) in [5.74, 6) is -1.18. The second kappa shape index (κ2) is 8.42. The zero-order chi connectivity index (χ0) is 21.0. The number of sulfonamides is 1. The van der Waals surface area contributed by atoms with Crippen LogP contribution in [0.4, 0.5) is 5.69 Å². The number of carbonyl (C=O) groups is 2. The van der Waals surface area contributed by atoms with E-state index in [9.17, 15) is 18.0 Å². The summed E-state index contributed by atoms with van der Waals surface area (Å²) in [4.78, 5) is 24.6. The van der Waals surface area contributed by atoms with Gasteiger partial charge in [-0.1, -0.05) is 42.5 Å². The summed E-state index contributed by atoms with van der Waals surface area (Å²) in [6, 6.07) is 18.5. The van der Waals surface area contributed by atoms with E-state index in [0.717, 1.165) is 15.1 Å². The lowest BCUT2D eigenvalue weighted by Crippen LogP contribution is -2.23. The predicted molar refractivity (Wildman–Crippen MR) is 110 cm³/mol. The first-order valence-electron chi connectivity index (χ1n) is 8.76. The van der Waals surface area contributed by atoms with Crippen molar-refractivity contribution in [3.8, 4) is 0 Å². The molecular formula is C21H20N2O5S. The molecule has 8 heteroatoms. The van der Waals surface area contributed by atoms with E-state index in [-0.39, 0.29) is 4.90 Å². The van der Waals surface area contributed by atoms with Crippen molar-refractivity contribution in [1.29, 1.82) is 0 Å². The molecule has 150 valence electrons. The number of fused-ring (bicyclic) bond motifs is 1. The van der Waals surface area contributed by atoms with E-state index in [1.807, 2.05) is 30.3 Å². The van der Waals surface area contributed by atoms with Gasteiger partial charge in [0.05, 0.1) is 10.5 Å². The summed E-state index contributed by atoms with van der Waals surface area (Å²) < 4.78 is 30.6. The minimum Gasteiger partial charge on any atom is -0.452 e. The Balaban J connectivity index is 1.67. The predicted octanol–water partition coefficient (Wildman–Crippen LogP) is 2.89. The fraction of sp³-hybridized carbons (Fsp3) is 0.143. The van der Waals surface area contributed by atoms with Crippen LogP contribution in [0.15, 0.2) is 71.6 Å². The molecule has 0 heterocycles. The molecule has 0 saturated carbocycles. The number of anilines is 1. The fourth-order valence-corrected chi connectivity index (χ4v) is 3.70. The third-order valence-electron chi connectivity index (χ3n) is 4.24. The maximum atomic E-state index is 12.4. The van der Waals surface area contributed by atoms with Crippen LogP contribution in [-0.4, -0.2) is 45.3 Å². The molecule has 29 heavy (non-hydrogen) atoms. The SMILES string of the molecule is CN(C)S(=O)(=O)c1cccc(NC(=O)COC(=O)c2cccc3ccccc23)c1. The van der Waals surface area contributed by atoms with Gasteiger partial charge in [0.15, 0.2) is 6.61 Å². The summed E-state index contributed by atoms with van der Waals surface area (Å²) >= 11 is 0. The van der Waals surface area contributed by atoms with Crippen molar-refractivity contribution in [3.63, 3.8) is 0 Å². The van der Waals surface area contributed by atoms with Crippen LogP contribution in [0.3, 0.4) is 0 Å². The smallest absolute Gasteiger partial charge is 0.339 e. The van der Waals surface area contributed by atoms with Crippen molar-refractivity contribution in [3.05, 3.63) is 72.3 Å². The number of carbonyl (C=O) groups excluding carboxylic acids is 2. The highest BCUT2D eigenvalue weighted by atomic mass is 32.2. The molecule has 1 amide bonds. The van der Waals surface area contributed by atoms with Crippen molar-refractivity contribution < 1.29 is 22.7 Å². The molecule has 3 rings (SSSR count). The van der Waals surface area contributed by atoms with E-state index in [2.05, 4.69) is 5.32 Å². The van der Waals surface area contributed by atoms with Gasteiger partial charge < -0.3 is 10.1 Å². The molecule has 3 aromatic rings. The summed E-state index contributed by atoms with van der Waals surface area (Å²) in [5, 5.41) is 4.17. The molecule has 1 N–H and O–H groups in total. The summed E-state index contributed by atoms with van der Waals surface area (Å²) in [7, 11) is -0.773. The zero-order valence-electron chi connectivity index (χ0n) is 16.0. The molecule has 7 nitrogen and oxygen atoms in total. The Hall–Kier alpha value is -3.23. The third-order valence-corrected chi connectivity index (χ3v) is 6.05. The Morgan fingerprint density at radius 2 is 1.66 bits per heavy atom. The Morgan fingerprint density at radius 1 is 0.966 bits per heavy atom. The van der Waals surface area contributed by atoms with E-state index >= 15 is 0 Å². The number of ether oxygens (including phenoxy) is 1. The van der Waals surface area contributed by atoms with Gasteiger partial charge in [-0.3, -0.25) is 4.79 Å². The Morgan fingerprint density at radius 3 is 2.41 bits per heavy atom. The van der Waals surface area contributed by atoms with E-state index in [4.69, 9.17) is 4.74 Å². The van der Waals surface area contributed by atoms with Crippen molar-refractivity contribution in [1.82, 2.24) is 4.31 Å². The first kappa shape index (κ1) is 20.5. The van der Waals surface area contributed by atoms with Crippen molar-refractivity contribution in [2.75, 3.05) is 26.0 Å². The van der Waals surface area contributed by atoms with Gasteiger partial charge in [-0.2, -0.15) is 0 Å². The minimum absolute atomic E-state index is 0.0491. The van der Waals surface area contributed by atoms with Gasteiger partial charge in [-0.15, -0.1) is 0 Å². The maximum Gasteiger partial charge on any atom is 0.339 e. The largest absolute Gasteiger partial charge is 0.452 e. The van der Waals surface area contributed by atoms with Crippen LogP contribution in [0.1, 0.15) is 10.4 Å². The second-order valence-corrected chi connectivity index (χ2v) is 8.62. The number of nitrogens with one attached hydrogen (secondary N) is 1. The van der Waals surface area contributed by atoms with Crippen LogP contribution in [0.25, 0.3) is 10.8 Å². The molecule has 0 fully saturated rings. The lowest BCUT2D eigenvalue weighted by Gasteiger charge is -2.13. The molecule has 0 radical (unpaired) electrons. The number of rotatable bonds is 6. The minimum atomic E-state index is -3.62. The maximum absolute atomic E-state index is 12.4. The Bertz CT molecular complexity index is 1170. The third kappa shape index (κ3) is 4.61. The number of benzene rings is 3. The molecule has 0 saturated heterocycles. The number of amides is 1. The van der Waals surface area contributed by atoms with Crippen LogP contribution in [0.5, 0.6) is 0 Å².